The van der Waals surface area contributed by atoms with Crippen molar-refractivity contribution >= 4 is 33.4 Å². The molecule has 72 valence electrons. The van der Waals surface area contributed by atoms with E-state index in [0.717, 1.165) is 21.8 Å². The topological polar surface area (TPSA) is 25.8 Å². The molecule has 0 bridgehead atoms. The lowest BCUT2D eigenvalue weighted by Crippen LogP contribution is -1.85. The van der Waals surface area contributed by atoms with Crippen LogP contribution in [-0.2, 0) is 0 Å². The van der Waals surface area contributed by atoms with Gasteiger partial charge in [0.1, 0.15) is 5.52 Å². The van der Waals surface area contributed by atoms with Crippen LogP contribution in [0.1, 0.15) is 0 Å². The number of rotatable bonds is 0. The molecule has 0 atom stereocenters. The van der Waals surface area contributed by atoms with Crippen molar-refractivity contribution in [2.24, 2.45) is 0 Å². The van der Waals surface area contributed by atoms with Gasteiger partial charge in [0.2, 0.25) is 0 Å². The maximum absolute atomic E-state index is 6.05. The number of hydrogen-bond donors (Lipinski definition) is 0. The Bertz CT molecular complexity index is 649. The standard InChI is InChI=1S/C12H7ClN2/c13-10-5-6-14-11-9-4-2-1-3-8(9)7-15-12(10)11/h1-7H. The Hall–Kier alpha value is -1.67. The number of halogens is 1. The number of pyridine rings is 2. The van der Waals surface area contributed by atoms with Gasteiger partial charge in [-0.05, 0) is 6.07 Å². The Balaban J connectivity index is 2.60. The first-order chi connectivity index (χ1) is 7.36. The summed E-state index contributed by atoms with van der Waals surface area (Å²) in [5.74, 6) is 0. The third-order valence-corrected chi connectivity index (χ3v) is 2.73. The maximum atomic E-state index is 6.05. The number of benzene rings is 1. The number of fused-ring (bicyclic) bond motifs is 3. The monoisotopic (exact) mass is 214 g/mol. The van der Waals surface area contributed by atoms with E-state index in [9.17, 15) is 0 Å². The van der Waals surface area contributed by atoms with Crippen LogP contribution in [0.3, 0.4) is 0 Å². The van der Waals surface area contributed by atoms with Crippen molar-refractivity contribution in [2.45, 2.75) is 0 Å². The van der Waals surface area contributed by atoms with Crippen LogP contribution in [0.2, 0.25) is 5.02 Å². The van der Waals surface area contributed by atoms with E-state index >= 15 is 0 Å². The van der Waals surface area contributed by atoms with Crippen molar-refractivity contribution in [3.63, 3.8) is 0 Å². The molecule has 2 nitrogen and oxygen atoms in total. The molecule has 3 rings (SSSR count). The first-order valence-electron chi connectivity index (χ1n) is 4.64. The highest BCUT2D eigenvalue weighted by atomic mass is 35.5. The first kappa shape index (κ1) is 8.62. The molecule has 2 heterocycles. The normalized spacial score (nSPS) is 11.0. The highest BCUT2D eigenvalue weighted by Gasteiger charge is 2.04. The SMILES string of the molecule is Clc1ccnc2c1ncc1ccccc12. The van der Waals surface area contributed by atoms with E-state index in [1.54, 1.807) is 12.3 Å². The molecule has 0 spiro atoms. The fourth-order valence-electron chi connectivity index (χ4n) is 1.71. The Kier molecular flexibility index (Phi) is 1.82. The van der Waals surface area contributed by atoms with E-state index in [1.807, 2.05) is 30.5 Å². The molecule has 0 saturated carbocycles. The third-order valence-electron chi connectivity index (χ3n) is 2.42. The van der Waals surface area contributed by atoms with Crippen LogP contribution in [0.25, 0.3) is 21.8 Å². The minimum Gasteiger partial charge on any atom is -0.254 e. The number of hydrogen-bond acceptors (Lipinski definition) is 2. The third kappa shape index (κ3) is 1.26. The number of nitrogens with zero attached hydrogens (tertiary/aromatic N) is 2. The smallest absolute Gasteiger partial charge is 0.108 e. The number of aromatic nitrogens is 2. The van der Waals surface area contributed by atoms with Crippen LogP contribution in [-0.4, -0.2) is 9.97 Å². The zero-order valence-corrected chi connectivity index (χ0v) is 8.57. The summed E-state index contributed by atoms with van der Waals surface area (Å²) in [4.78, 5) is 8.64. The summed E-state index contributed by atoms with van der Waals surface area (Å²) in [5, 5.41) is 2.82. The second kappa shape index (κ2) is 3.17. The summed E-state index contributed by atoms with van der Waals surface area (Å²) in [6, 6.07) is 9.78. The molecule has 3 heteroatoms. The Morgan fingerprint density at radius 3 is 2.73 bits per heavy atom. The molecular formula is C12H7ClN2. The van der Waals surface area contributed by atoms with Gasteiger partial charge in [0.05, 0.1) is 10.5 Å². The van der Waals surface area contributed by atoms with Crippen LogP contribution >= 0.6 is 11.6 Å². The highest BCUT2D eigenvalue weighted by Crippen LogP contribution is 2.25. The van der Waals surface area contributed by atoms with E-state index in [-0.39, 0.29) is 0 Å². The van der Waals surface area contributed by atoms with E-state index in [2.05, 4.69) is 9.97 Å². The molecule has 0 radical (unpaired) electrons. The maximum Gasteiger partial charge on any atom is 0.108 e. The summed E-state index contributed by atoms with van der Waals surface area (Å²) in [5.41, 5.74) is 1.62. The quantitative estimate of drug-likeness (QED) is 0.536. The molecule has 0 aliphatic rings. The summed E-state index contributed by atoms with van der Waals surface area (Å²) < 4.78 is 0. The first-order valence-corrected chi connectivity index (χ1v) is 5.02. The summed E-state index contributed by atoms with van der Waals surface area (Å²) in [6.45, 7) is 0. The minimum atomic E-state index is 0.644. The predicted molar refractivity (Wildman–Crippen MR) is 62.1 cm³/mol. The van der Waals surface area contributed by atoms with E-state index < -0.39 is 0 Å². The molecule has 0 saturated heterocycles. The zero-order chi connectivity index (χ0) is 10.3. The zero-order valence-electron chi connectivity index (χ0n) is 7.81. The Labute approximate surface area is 91.5 Å². The van der Waals surface area contributed by atoms with Crippen molar-refractivity contribution in [3.8, 4) is 0 Å². The van der Waals surface area contributed by atoms with E-state index in [1.165, 1.54) is 0 Å². The molecule has 0 fully saturated rings. The summed E-state index contributed by atoms with van der Waals surface area (Å²) in [7, 11) is 0. The van der Waals surface area contributed by atoms with Crippen molar-refractivity contribution in [2.75, 3.05) is 0 Å². The van der Waals surface area contributed by atoms with Gasteiger partial charge in [0.25, 0.3) is 0 Å². The highest BCUT2D eigenvalue weighted by molar-refractivity contribution is 6.35. The summed E-state index contributed by atoms with van der Waals surface area (Å²) >= 11 is 6.05. The van der Waals surface area contributed by atoms with Gasteiger partial charge in [0.15, 0.2) is 0 Å². The lowest BCUT2D eigenvalue weighted by molar-refractivity contribution is 1.36. The van der Waals surface area contributed by atoms with Gasteiger partial charge in [-0.2, -0.15) is 0 Å². The van der Waals surface area contributed by atoms with Crippen LogP contribution in [0.15, 0.2) is 42.7 Å². The van der Waals surface area contributed by atoms with Crippen LogP contribution < -0.4 is 0 Å². The molecule has 0 amide bonds. The van der Waals surface area contributed by atoms with Gasteiger partial charge in [-0.25, -0.2) is 0 Å². The average Bonchev–Trinajstić information content (AvgIpc) is 2.29. The van der Waals surface area contributed by atoms with Gasteiger partial charge in [0, 0.05) is 23.2 Å². The fraction of sp³-hybridized carbons (Fsp3) is 0. The fourth-order valence-corrected chi connectivity index (χ4v) is 1.90. The van der Waals surface area contributed by atoms with Crippen LogP contribution in [0.4, 0.5) is 0 Å². The molecule has 0 aliphatic heterocycles. The van der Waals surface area contributed by atoms with E-state index in [0.29, 0.717) is 5.02 Å². The van der Waals surface area contributed by atoms with Crippen molar-refractivity contribution in [1.82, 2.24) is 9.97 Å². The molecule has 0 aliphatic carbocycles. The van der Waals surface area contributed by atoms with Gasteiger partial charge in [-0.1, -0.05) is 35.9 Å². The van der Waals surface area contributed by atoms with Crippen molar-refractivity contribution in [3.05, 3.63) is 47.7 Å². The average molecular weight is 215 g/mol. The summed E-state index contributed by atoms with van der Waals surface area (Å²) in [6.07, 6.45) is 3.53. The Morgan fingerprint density at radius 2 is 1.80 bits per heavy atom. The lowest BCUT2D eigenvalue weighted by atomic mass is 10.1. The second-order valence-electron chi connectivity index (χ2n) is 3.34. The largest absolute Gasteiger partial charge is 0.254 e. The van der Waals surface area contributed by atoms with Gasteiger partial charge < -0.3 is 0 Å². The van der Waals surface area contributed by atoms with Gasteiger partial charge >= 0.3 is 0 Å². The van der Waals surface area contributed by atoms with Gasteiger partial charge in [-0.15, -0.1) is 0 Å². The van der Waals surface area contributed by atoms with Crippen LogP contribution in [0.5, 0.6) is 0 Å². The van der Waals surface area contributed by atoms with Crippen molar-refractivity contribution in [1.29, 1.82) is 0 Å². The molecule has 2 aromatic heterocycles. The molecular weight excluding hydrogens is 208 g/mol. The lowest BCUT2D eigenvalue weighted by Gasteiger charge is -2.02. The molecule has 0 N–H and O–H groups in total. The molecule has 0 unspecified atom stereocenters. The molecule has 15 heavy (non-hydrogen) atoms. The Morgan fingerprint density at radius 1 is 0.933 bits per heavy atom. The molecule has 3 aromatic rings. The second-order valence-corrected chi connectivity index (χ2v) is 3.74. The van der Waals surface area contributed by atoms with Crippen molar-refractivity contribution < 1.29 is 0 Å². The minimum absolute atomic E-state index is 0.644. The predicted octanol–water partition coefficient (Wildman–Crippen LogP) is 3.44. The van der Waals surface area contributed by atoms with E-state index in [4.69, 9.17) is 11.6 Å². The molecule has 1 aromatic carbocycles. The van der Waals surface area contributed by atoms with Crippen LogP contribution in [0, 0.1) is 0 Å². The van der Waals surface area contributed by atoms with Gasteiger partial charge in [-0.3, -0.25) is 9.97 Å².